The van der Waals surface area contributed by atoms with Crippen LogP contribution in [0.1, 0.15) is 28.9 Å². The summed E-state index contributed by atoms with van der Waals surface area (Å²) in [5.74, 6) is -0.384. The van der Waals surface area contributed by atoms with Crippen molar-refractivity contribution < 1.29 is 9.18 Å². The van der Waals surface area contributed by atoms with Gasteiger partial charge in [0.2, 0.25) is 0 Å². The Morgan fingerprint density at radius 1 is 1.46 bits per heavy atom. The van der Waals surface area contributed by atoms with E-state index in [0.717, 1.165) is 24.9 Å². The third-order valence-electron chi connectivity index (χ3n) is 4.64. The van der Waals surface area contributed by atoms with Crippen molar-refractivity contribution >= 4 is 16.8 Å². The van der Waals surface area contributed by atoms with Crippen molar-refractivity contribution in [1.29, 1.82) is 0 Å². The van der Waals surface area contributed by atoms with E-state index >= 15 is 0 Å². The predicted molar refractivity (Wildman–Crippen MR) is 89.3 cm³/mol. The lowest BCUT2D eigenvalue weighted by Gasteiger charge is -2.24. The Hall–Kier alpha value is -2.63. The Morgan fingerprint density at radius 3 is 3.08 bits per heavy atom. The average molecular weight is 326 g/mol. The highest BCUT2D eigenvalue weighted by atomic mass is 19.1. The highest BCUT2D eigenvalue weighted by Crippen LogP contribution is 2.24. The summed E-state index contributed by atoms with van der Waals surface area (Å²) in [5.41, 5.74) is 2.20. The fourth-order valence-electron chi connectivity index (χ4n) is 3.46. The second-order valence-electron chi connectivity index (χ2n) is 6.42. The molecule has 1 saturated heterocycles. The number of hydrogen-bond acceptors (Lipinski definition) is 2. The number of benzene rings is 1. The molecule has 0 radical (unpaired) electrons. The van der Waals surface area contributed by atoms with Crippen LogP contribution >= 0.6 is 0 Å². The number of carbonyl (C=O) groups excluding carboxylic acids is 1. The zero-order valence-electron chi connectivity index (χ0n) is 13.5. The summed E-state index contributed by atoms with van der Waals surface area (Å²) in [6.45, 7) is 3.41. The number of halogens is 1. The van der Waals surface area contributed by atoms with Gasteiger partial charge in [-0.05, 0) is 43.5 Å². The molecule has 0 unspecified atom stereocenters. The van der Waals surface area contributed by atoms with Crippen molar-refractivity contribution in [2.75, 3.05) is 6.54 Å². The Morgan fingerprint density at radius 2 is 2.33 bits per heavy atom. The molecule has 3 heterocycles. The summed E-state index contributed by atoms with van der Waals surface area (Å²) in [6, 6.07) is 6.56. The molecule has 6 heteroatoms. The molecular formula is C18H19FN4O. The topological polar surface area (TPSA) is 53.9 Å². The smallest absolute Gasteiger partial charge is 0.270 e. The fraction of sp³-hybridized carbons (Fsp3) is 0.333. The monoisotopic (exact) mass is 326 g/mol. The van der Waals surface area contributed by atoms with Crippen LogP contribution in [0.25, 0.3) is 10.9 Å². The van der Waals surface area contributed by atoms with E-state index in [1.165, 1.54) is 6.07 Å². The molecule has 1 aliphatic rings. The largest absolute Gasteiger partial charge is 0.350 e. The first-order chi connectivity index (χ1) is 11.6. The van der Waals surface area contributed by atoms with Crippen LogP contribution in [-0.2, 0) is 6.54 Å². The summed E-state index contributed by atoms with van der Waals surface area (Å²) in [6.07, 6.45) is 5.74. The van der Waals surface area contributed by atoms with Crippen LogP contribution in [0.3, 0.4) is 0 Å². The molecule has 1 aliphatic heterocycles. The van der Waals surface area contributed by atoms with Gasteiger partial charge < -0.3 is 9.88 Å². The number of fused-ring (bicyclic) bond motifs is 1. The van der Waals surface area contributed by atoms with Gasteiger partial charge in [-0.1, -0.05) is 6.07 Å². The average Bonchev–Trinajstić information content (AvgIpc) is 3.27. The number of amides is 1. The Labute approximate surface area is 139 Å². The van der Waals surface area contributed by atoms with Gasteiger partial charge in [-0.3, -0.25) is 9.48 Å². The Bertz CT molecular complexity index is 897. The van der Waals surface area contributed by atoms with Crippen molar-refractivity contribution in [2.45, 2.75) is 32.4 Å². The first-order valence-electron chi connectivity index (χ1n) is 8.19. The first kappa shape index (κ1) is 14.9. The maximum absolute atomic E-state index is 13.9. The molecule has 1 aromatic carbocycles. The van der Waals surface area contributed by atoms with Crippen LogP contribution in [0.15, 0.2) is 36.7 Å². The molecular weight excluding hydrogens is 307 g/mol. The van der Waals surface area contributed by atoms with Crippen LogP contribution in [0.2, 0.25) is 0 Å². The third-order valence-corrected chi connectivity index (χ3v) is 4.64. The molecule has 1 fully saturated rings. The molecule has 1 atom stereocenters. The van der Waals surface area contributed by atoms with Gasteiger partial charge in [0, 0.05) is 23.6 Å². The van der Waals surface area contributed by atoms with E-state index in [1.807, 2.05) is 28.9 Å². The number of aromatic nitrogens is 3. The molecule has 5 nitrogen and oxygen atoms in total. The van der Waals surface area contributed by atoms with Gasteiger partial charge in [-0.25, -0.2) is 4.39 Å². The van der Waals surface area contributed by atoms with E-state index in [4.69, 9.17) is 0 Å². The van der Waals surface area contributed by atoms with E-state index < -0.39 is 0 Å². The highest BCUT2D eigenvalue weighted by molar-refractivity contribution is 5.98. The zero-order valence-corrected chi connectivity index (χ0v) is 13.5. The van der Waals surface area contributed by atoms with E-state index in [0.29, 0.717) is 23.1 Å². The van der Waals surface area contributed by atoms with E-state index in [1.54, 1.807) is 18.2 Å². The Balaban J connectivity index is 1.58. The molecule has 4 rings (SSSR count). The number of nitrogens with zero attached hydrogens (tertiary/aromatic N) is 3. The molecule has 124 valence electrons. The molecule has 1 N–H and O–H groups in total. The number of carbonyl (C=O) groups is 1. The summed E-state index contributed by atoms with van der Waals surface area (Å²) in [4.78, 5) is 17.8. The van der Waals surface area contributed by atoms with Crippen molar-refractivity contribution in [3.8, 4) is 0 Å². The number of aryl methyl sites for hydroxylation is 1. The van der Waals surface area contributed by atoms with Crippen LogP contribution in [-0.4, -0.2) is 38.2 Å². The summed E-state index contributed by atoms with van der Waals surface area (Å²) in [7, 11) is 0. The van der Waals surface area contributed by atoms with Crippen molar-refractivity contribution in [2.24, 2.45) is 0 Å². The third kappa shape index (κ3) is 2.58. The number of H-pyrrole nitrogens is 1. The van der Waals surface area contributed by atoms with Gasteiger partial charge in [0.25, 0.3) is 5.91 Å². The summed E-state index contributed by atoms with van der Waals surface area (Å²) < 4.78 is 15.7. The number of likely N-dealkylation sites (tertiary alicyclic amines) is 1. The lowest BCUT2D eigenvalue weighted by molar-refractivity contribution is 0.0716. The first-order valence-corrected chi connectivity index (χ1v) is 8.19. The second-order valence-corrected chi connectivity index (χ2v) is 6.42. The number of nitrogens with one attached hydrogen (secondary N) is 1. The predicted octanol–water partition coefficient (Wildman–Crippen LogP) is 3.12. The molecule has 0 bridgehead atoms. The lowest BCUT2D eigenvalue weighted by Crippen LogP contribution is -2.38. The van der Waals surface area contributed by atoms with Gasteiger partial charge >= 0.3 is 0 Å². The number of rotatable bonds is 3. The fourth-order valence-corrected chi connectivity index (χ4v) is 3.46. The molecule has 1 amide bonds. The number of aromatic amines is 1. The number of hydrogen-bond donors (Lipinski definition) is 1. The van der Waals surface area contributed by atoms with Crippen molar-refractivity contribution in [1.82, 2.24) is 19.7 Å². The van der Waals surface area contributed by atoms with Gasteiger partial charge in [-0.2, -0.15) is 5.10 Å². The maximum Gasteiger partial charge on any atom is 0.270 e. The molecule has 2 aromatic heterocycles. The van der Waals surface area contributed by atoms with Crippen molar-refractivity contribution in [3.63, 3.8) is 0 Å². The normalized spacial score (nSPS) is 17.8. The quantitative estimate of drug-likeness (QED) is 0.804. The Kier molecular flexibility index (Phi) is 3.59. The minimum absolute atomic E-state index is 0.0722. The molecule has 3 aromatic rings. The minimum Gasteiger partial charge on any atom is -0.350 e. The molecule has 0 spiro atoms. The van der Waals surface area contributed by atoms with Gasteiger partial charge in [0.1, 0.15) is 11.5 Å². The van der Waals surface area contributed by atoms with E-state index in [2.05, 4.69) is 10.1 Å². The molecule has 0 aliphatic carbocycles. The lowest BCUT2D eigenvalue weighted by atomic mass is 10.2. The molecule has 24 heavy (non-hydrogen) atoms. The molecule has 0 saturated carbocycles. The van der Waals surface area contributed by atoms with Gasteiger partial charge in [0.15, 0.2) is 0 Å². The SMILES string of the molecule is Cc1cnn(C[C@@H]2CCCN2C(=O)c2cc3c(F)cccc3[nH]2)c1. The zero-order chi connectivity index (χ0) is 16.7. The van der Waals surface area contributed by atoms with Crippen LogP contribution in [0.5, 0.6) is 0 Å². The standard InChI is InChI=1S/C18H19FN4O/c1-12-9-20-22(10-12)11-13-4-3-7-23(13)18(24)17-8-14-15(19)5-2-6-16(14)21-17/h2,5-6,8-10,13,21H,3-4,7,11H2,1H3/t13-/m0/s1. The van der Waals surface area contributed by atoms with Gasteiger partial charge in [-0.15, -0.1) is 0 Å². The maximum atomic E-state index is 13.9. The van der Waals surface area contributed by atoms with E-state index in [9.17, 15) is 9.18 Å². The highest BCUT2D eigenvalue weighted by Gasteiger charge is 2.30. The second kappa shape index (κ2) is 5.78. The van der Waals surface area contributed by atoms with Crippen LogP contribution in [0.4, 0.5) is 4.39 Å². The van der Waals surface area contributed by atoms with E-state index in [-0.39, 0.29) is 17.8 Å². The van der Waals surface area contributed by atoms with Crippen molar-refractivity contribution in [3.05, 3.63) is 53.7 Å². The van der Waals surface area contributed by atoms with Crippen LogP contribution < -0.4 is 0 Å². The van der Waals surface area contributed by atoms with Crippen LogP contribution in [0, 0.1) is 12.7 Å². The minimum atomic E-state index is -0.312. The summed E-state index contributed by atoms with van der Waals surface area (Å²) >= 11 is 0. The summed E-state index contributed by atoms with van der Waals surface area (Å²) in [5, 5.41) is 4.77. The van der Waals surface area contributed by atoms with Gasteiger partial charge in [0.05, 0.1) is 18.8 Å².